The molecule has 0 rings (SSSR count). The summed E-state index contributed by atoms with van der Waals surface area (Å²) in [5.74, 6) is -0.352. The highest BCUT2D eigenvalue weighted by atomic mass is 16.5. The first-order valence-corrected chi connectivity index (χ1v) is 6.07. The average Bonchev–Trinajstić information content (AvgIpc) is 2.28. The second-order valence-electron chi connectivity index (χ2n) is 4.51. The van der Waals surface area contributed by atoms with E-state index in [-0.39, 0.29) is 5.97 Å². The zero-order chi connectivity index (χ0) is 13.3. The van der Waals surface area contributed by atoms with Crippen molar-refractivity contribution in [3.05, 3.63) is 0 Å². The second-order valence-corrected chi connectivity index (χ2v) is 4.51. The lowest BCUT2D eigenvalue weighted by Gasteiger charge is -2.23. The molecule has 0 heterocycles. The first-order chi connectivity index (χ1) is 7.94. The average molecular weight is 246 g/mol. The van der Waals surface area contributed by atoms with E-state index in [0.717, 1.165) is 32.7 Å². The Morgan fingerprint density at radius 3 is 2.59 bits per heavy atom. The molecule has 5 heteroatoms. The summed E-state index contributed by atoms with van der Waals surface area (Å²) in [5.41, 5.74) is 4.98. The Bertz CT molecular complexity index is 220. The maximum Gasteiger partial charge on any atom is 0.325 e. The summed E-state index contributed by atoms with van der Waals surface area (Å²) in [4.78, 5) is 13.5. The van der Waals surface area contributed by atoms with Crippen LogP contribution in [0.15, 0.2) is 0 Å². The van der Waals surface area contributed by atoms with Crippen molar-refractivity contribution in [2.24, 2.45) is 5.73 Å². The molecule has 1 unspecified atom stereocenters. The number of hydrogen-bond acceptors (Lipinski definition) is 5. The standard InChI is InChI=1S/C12H26N2O3/c1-5-17-10-9-14(3)8-6-7-12(2,13)11(15)16-4/h5-10,13H2,1-4H3. The molecule has 0 saturated heterocycles. The predicted octanol–water partition coefficient (Wildman–Crippen LogP) is 0.625. The molecule has 0 spiro atoms. The zero-order valence-corrected chi connectivity index (χ0v) is 11.5. The van der Waals surface area contributed by atoms with Gasteiger partial charge in [-0.2, -0.15) is 0 Å². The Morgan fingerprint density at radius 2 is 2.06 bits per heavy atom. The van der Waals surface area contributed by atoms with Crippen molar-refractivity contribution >= 4 is 5.97 Å². The Labute approximate surface area is 104 Å². The highest BCUT2D eigenvalue weighted by Gasteiger charge is 2.28. The molecular weight excluding hydrogens is 220 g/mol. The van der Waals surface area contributed by atoms with E-state index in [0.29, 0.717) is 6.42 Å². The number of rotatable bonds is 9. The molecular formula is C12H26N2O3. The van der Waals surface area contributed by atoms with Crippen molar-refractivity contribution in [1.29, 1.82) is 0 Å². The zero-order valence-electron chi connectivity index (χ0n) is 11.5. The summed E-state index contributed by atoms with van der Waals surface area (Å²) in [5, 5.41) is 0. The summed E-state index contributed by atoms with van der Waals surface area (Å²) in [6.07, 6.45) is 1.49. The molecule has 0 fully saturated rings. The van der Waals surface area contributed by atoms with Crippen molar-refractivity contribution < 1.29 is 14.3 Å². The minimum Gasteiger partial charge on any atom is -0.468 e. The fourth-order valence-corrected chi connectivity index (χ4v) is 1.53. The highest BCUT2D eigenvalue weighted by molar-refractivity contribution is 5.79. The van der Waals surface area contributed by atoms with Crippen LogP contribution in [0.5, 0.6) is 0 Å². The predicted molar refractivity (Wildman–Crippen MR) is 67.8 cm³/mol. The molecule has 0 bridgehead atoms. The van der Waals surface area contributed by atoms with E-state index in [4.69, 9.17) is 10.5 Å². The van der Waals surface area contributed by atoms with Crippen LogP contribution < -0.4 is 5.73 Å². The van der Waals surface area contributed by atoms with E-state index in [1.54, 1.807) is 6.92 Å². The van der Waals surface area contributed by atoms with Gasteiger partial charge in [0.05, 0.1) is 13.7 Å². The molecule has 0 aromatic carbocycles. The maximum absolute atomic E-state index is 11.3. The number of esters is 1. The molecule has 0 aromatic rings. The number of carbonyl (C=O) groups excluding carboxylic acids is 1. The molecule has 0 saturated carbocycles. The van der Waals surface area contributed by atoms with Crippen molar-refractivity contribution in [2.75, 3.05) is 40.5 Å². The van der Waals surface area contributed by atoms with Gasteiger partial charge in [-0.15, -0.1) is 0 Å². The van der Waals surface area contributed by atoms with Gasteiger partial charge in [0.2, 0.25) is 0 Å². The first-order valence-electron chi connectivity index (χ1n) is 6.07. The van der Waals surface area contributed by atoms with Gasteiger partial charge in [0.1, 0.15) is 5.54 Å². The third kappa shape index (κ3) is 7.31. The molecule has 0 aliphatic carbocycles. The largest absolute Gasteiger partial charge is 0.468 e. The van der Waals surface area contributed by atoms with Gasteiger partial charge >= 0.3 is 5.97 Å². The van der Waals surface area contributed by atoms with Crippen molar-refractivity contribution in [3.63, 3.8) is 0 Å². The van der Waals surface area contributed by atoms with Crippen molar-refractivity contribution in [2.45, 2.75) is 32.2 Å². The lowest BCUT2D eigenvalue weighted by molar-refractivity contribution is -0.146. The third-order valence-corrected chi connectivity index (χ3v) is 2.71. The van der Waals surface area contributed by atoms with E-state index in [1.165, 1.54) is 7.11 Å². The molecule has 1 atom stereocenters. The molecule has 0 radical (unpaired) electrons. The van der Waals surface area contributed by atoms with Gasteiger partial charge in [0.25, 0.3) is 0 Å². The van der Waals surface area contributed by atoms with Crippen LogP contribution >= 0.6 is 0 Å². The van der Waals surface area contributed by atoms with Gasteiger partial charge < -0.3 is 20.1 Å². The van der Waals surface area contributed by atoms with Crippen LogP contribution in [0.2, 0.25) is 0 Å². The fraction of sp³-hybridized carbons (Fsp3) is 0.917. The van der Waals surface area contributed by atoms with Gasteiger partial charge in [-0.05, 0) is 40.3 Å². The molecule has 5 nitrogen and oxygen atoms in total. The van der Waals surface area contributed by atoms with Gasteiger partial charge in [-0.3, -0.25) is 4.79 Å². The number of hydrogen-bond donors (Lipinski definition) is 1. The summed E-state index contributed by atoms with van der Waals surface area (Å²) in [7, 11) is 3.40. The third-order valence-electron chi connectivity index (χ3n) is 2.71. The van der Waals surface area contributed by atoms with Crippen LogP contribution in [0.1, 0.15) is 26.7 Å². The fourth-order valence-electron chi connectivity index (χ4n) is 1.53. The molecule has 0 aromatic heterocycles. The van der Waals surface area contributed by atoms with Gasteiger partial charge in [-0.25, -0.2) is 0 Å². The smallest absolute Gasteiger partial charge is 0.325 e. The topological polar surface area (TPSA) is 64.8 Å². The van der Waals surface area contributed by atoms with Crippen molar-refractivity contribution in [1.82, 2.24) is 4.90 Å². The number of likely N-dealkylation sites (N-methyl/N-ethyl adjacent to an activating group) is 1. The highest BCUT2D eigenvalue weighted by Crippen LogP contribution is 2.10. The number of nitrogens with two attached hydrogens (primary N) is 1. The Morgan fingerprint density at radius 1 is 1.41 bits per heavy atom. The lowest BCUT2D eigenvalue weighted by atomic mass is 9.97. The monoisotopic (exact) mass is 246 g/mol. The van der Waals surface area contributed by atoms with E-state index in [1.807, 2.05) is 14.0 Å². The molecule has 0 aliphatic heterocycles. The number of ether oxygens (including phenoxy) is 2. The van der Waals surface area contributed by atoms with E-state index in [2.05, 4.69) is 9.64 Å². The van der Waals surface area contributed by atoms with Gasteiger partial charge in [-0.1, -0.05) is 0 Å². The first kappa shape index (κ1) is 16.4. The van der Waals surface area contributed by atoms with Crippen LogP contribution in [0.25, 0.3) is 0 Å². The van der Waals surface area contributed by atoms with Crippen LogP contribution in [-0.4, -0.2) is 56.9 Å². The van der Waals surface area contributed by atoms with Crippen LogP contribution in [0, 0.1) is 0 Å². The van der Waals surface area contributed by atoms with Crippen LogP contribution in [0.3, 0.4) is 0 Å². The molecule has 0 aliphatic rings. The maximum atomic E-state index is 11.3. The summed E-state index contributed by atoms with van der Waals surface area (Å²) >= 11 is 0. The van der Waals surface area contributed by atoms with Gasteiger partial charge in [0.15, 0.2) is 0 Å². The number of nitrogens with zero attached hydrogens (tertiary/aromatic N) is 1. The molecule has 0 amide bonds. The van der Waals surface area contributed by atoms with Crippen LogP contribution in [0.4, 0.5) is 0 Å². The number of carbonyl (C=O) groups is 1. The Hall–Kier alpha value is -0.650. The minimum absolute atomic E-state index is 0.352. The SMILES string of the molecule is CCOCCN(C)CCCC(C)(N)C(=O)OC. The van der Waals surface area contributed by atoms with E-state index >= 15 is 0 Å². The summed E-state index contributed by atoms with van der Waals surface area (Å²) in [6.45, 7) is 6.97. The second kappa shape index (κ2) is 8.44. The minimum atomic E-state index is -0.879. The molecule has 2 N–H and O–H groups in total. The summed E-state index contributed by atoms with van der Waals surface area (Å²) < 4.78 is 9.92. The van der Waals surface area contributed by atoms with Crippen LogP contribution in [-0.2, 0) is 14.3 Å². The molecule has 17 heavy (non-hydrogen) atoms. The Kier molecular flexibility index (Phi) is 8.12. The lowest BCUT2D eigenvalue weighted by Crippen LogP contribution is -2.46. The molecule has 102 valence electrons. The Balaban J connectivity index is 3.71. The quantitative estimate of drug-likeness (QED) is 0.477. The number of methoxy groups -OCH3 is 1. The summed E-state index contributed by atoms with van der Waals surface area (Å²) in [6, 6.07) is 0. The van der Waals surface area contributed by atoms with Gasteiger partial charge in [0, 0.05) is 13.2 Å². The van der Waals surface area contributed by atoms with E-state index < -0.39 is 5.54 Å². The van der Waals surface area contributed by atoms with Crippen molar-refractivity contribution in [3.8, 4) is 0 Å². The normalized spacial score (nSPS) is 14.7. The van der Waals surface area contributed by atoms with E-state index in [9.17, 15) is 4.79 Å².